The van der Waals surface area contributed by atoms with Gasteiger partial charge >= 0.3 is 5.97 Å². The Kier molecular flexibility index (Phi) is 6.08. The number of carboxylic acids is 1. The molecule has 1 aromatic heterocycles. The predicted octanol–water partition coefficient (Wildman–Crippen LogP) is -0.640. The van der Waals surface area contributed by atoms with E-state index in [1.165, 1.54) is 12.4 Å². The van der Waals surface area contributed by atoms with Crippen LogP contribution in [0, 0.1) is 0 Å². The van der Waals surface area contributed by atoms with Crippen molar-refractivity contribution in [1.29, 1.82) is 0 Å². The fraction of sp³-hybridized carbons (Fsp3) is 0.417. The summed E-state index contributed by atoms with van der Waals surface area (Å²) < 4.78 is 0. The van der Waals surface area contributed by atoms with E-state index in [2.05, 4.69) is 20.6 Å². The number of carbonyl (C=O) groups is 3. The molecule has 108 valence electrons. The van der Waals surface area contributed by atoms with Gasteiger partial charge in [0.15, 0.2) is 0 Å². The molecular formula is C12H16N4O4. The van der Waals surface area contributed by atoms with Gasteiger partial charge in [-0.25, -0.2) is 9.97 Å². The molecule has 20 heavy (non-hydrogen) atoms. The summed E-state index contributed by atoms with van der Waals surface area (Å²) in [5.74, 6) is -1.28. The number of nitrogens with one attached hydrogen (secondary N) is 2. The SMILES string of the molecule is CCc1ncc(C(=O)NCC(=O)NCCC(=O)O)cn1. The Hall–Kier alpha value is -2.51. The predicted molar refractivity (Wildman–Crippen MR) is 69.0 cm³/mol. The van der Waals surface area contributed by atoms with Crippen LogP contribution in [-0.2, 0) is 16.0 Å². The number of hydrogen-bond acceptors (Lipinski definition) is 5. The second kappa shape index (κ2) is 7.82. The Balaban J connectivity index is 2.34. The van der Waals surface area contributed by atoms with Gasteiger partial charge in [-0.15, -0.1) is 0 Å². The molecule has 0 aliphatic carbocycles. The van der Waals surface area contributed by atoms with Crippen molar-refractivity contribution in [3.8, 4) is 0 Å². The summed E-state index contributed by atoms with van der Waals surface area (Å²) in [6, 6.07) is 0. The summed E-state index contributed by atoms with van der Waals surface area (Å²) in [7, 11) is 0. The van der Waals surface area contributed by atoms with E-state index in [1.54, 1.807) is 0 Å². The minimum Gasteiger partial charge on any atom is -0.481 e. The molecule has 0 atom stereocenters. The highest BCUT2D eigenvalue weighted by molar-refractivity contribution is 5.95. The molecule has 3 N–H and O–H groups in total. The van der Waals surface area contributed by atoms with Gasteiger partial charge in [0.25, 0.3) is 5.91 Å². The first-order chi connectivity index (χ1) is 9.52. The topological polar surface area (TPSA) is 121 Å². The number of aliphatic carboxylic acids is 1. The molecule has 1 rings (SSSR count). The molecule has 0 saturated heterocycles. The van der Waals surface area contributed by atoms with Crippen LogP contribution in [-0.4, -0.2) is 45.9 Å². The van der Waals surface area contributed by atoms with Gasteiger partial charge in [0.2, 0.25) is 5.91 Å². The van der Waals surface area contributed by atoms with Crippen molar-refractivity contribution >= 4 is 17.8 Å². The highest BCUT2D eigenvalue weighted by Crippen LogP contribution is 1.96. The lowest BCUT2D eigenvalue weighted by atomic mass is 10.3. The van der Waals surface area contributed by atoms with E-state index in [0.29, 0.717) is 12.2 Å². The maximum atomic E-state index is 11.7. The molecule has 8 nitrogen and oxygen atoms in total. The summed E-state index contributed by atoms with van der Waals surface area (Å²) in [5, 5.41) is 13.2. The minimum absolute atomic E-state index is 0.0261. The van der Waals surface area contributed by atoms with Gasteiger partial charge in [0, 0.05) is 25.4 Å². The monoisotopic (exact) mass is 280 g/mol. The van der Waals surface area contributed by atoms with Crippen molar-refractivity contribution in [2.45, 2.75) is 19.8 Å². The number of hydrogen-bond donors (Lipinski definition) is 3. The van der Waals surface area contributed by atoms with Crippen LogP contribution in [0.2, 0.25) is 0 Å². The smallest absolute Gasteiger partial charge is 0.305 e. The van der Waals surface area contributed by atoms with Crippen LogP contribution >= 0.6 is 0 Å². The van der Waals surface area contributed by atoms with E-state index >= 15 is 0 Å². The third-order valence-electron chi connectivity index (χ3n) is 2.35. The maximum absolute atomic E-state index is 11.7. The van der Waals surface area contributed by atoms with Gasteiger partial charge in [0.05, 0.1) is 18.5 Å². The van der Waals surface area contributed by atoms with Crippen LogP contribution < -0.4 is 10.6 Å². The first kappa shape index (κ1) is 15.5. The van der Waals surface area contributed by atoms with E-state index in [1.807, 2.05) is 6.92 Å². The first-order valence-corrected chi connectivity index (χ1v) is 6.10. The van der Waals surface area contributed by atoms with Gasteiger partial charge in [-0.3, -0.25) is 14.4 Å². The normalized spacial score (nSPS) is 9.85. The van der Waals surface area contributed by atoms with Crippen molar-refractivity contribution in [3.05, 3.63) is 23.8 Å². The molecule has 0 fully saturated rings. The zero-order valence-electron chi connectivity index (χ0n) is 11.0. The van der Waals surface area contributed by atoms with Crippen molar-refractivity contribution < 1.29 is 19.5 Å². The number of rotatable bonds is 7. The summed E-state index contributed by atoms with van der Waals surface area (Å²) in [4.78, 5) is 41.2. The average Bonchev–Trinajstić information content (AvgIpc) is 2.44. The number of nitrogens with zero attached hydrogens (tertiary/aromatic N) is 2. The van der Waals surface area contributed by atoms with Crippen molar-refractivity contribution in [2.75, 3.05) is 13.1 Å². The van der Waals surface area contributed by atoms with Crippen molar-refractivity contribution in [3.63, 3.8) is 0 Å². The molecule has 0 aliphatic rings. The number of aryl methyl sites for hydroxylation is 1. The van der Waals surface area contributed by atoms with E-state index in [-0.39, 0.29) is 25.1 Å². The zero-order valence-corrected chi connectivity index (χ0v) is 11.0. The molecule has 1 heterocycles. The zero-order chi connectivity index (χ0) is 15.0. The van der Waals surface area contributed by atoms with Crippen LogP contribution in [0.1, 0.15) is 29.5 Å². The van der Waals surface area contributed by atoms with Crippen molar-refractivity contribution in [1.82, 2.24) is 20.6 Å². The Labute approximate surface area is 115 Å². The summed E-state index contributed by atoms with van der Waals surface area (Å²) in [5.41, 5.74) is 0.264. The molecule has 8 heteroatoms. The van der Waals surface area contributed by atoms with Crippen LogP contribution in [0.5, 0.6) is 0 Å². The standard InChI is InChI=1S/C12H16N4O4/c1-2-9-14-5-8(6-15-9)12(20)16-7-10(17)13-4-3-11(18)19/h5-6H,2-4,7H2,1H3,(H,13,17)(H,16,20)(H,18,19). The molecule has 0 aromatic carbocycles. The molecule has 0 saturated carbocycles. The van der Waals surface area contributed by atoms with E-state index in [0.717, 1.165) is 0 Å². The highest BCUT2D eigenvalue weighted by atomic mass is 16.4. The van der Waals surface area contributed by atoms with Gasteiger partial charge in [-0.05, 0) is 0 Å². The Morgan fingerprint density at radius 2 is 1.85 bits per heavy atom. The number of carbonyl (C=O) groups excluding carboxylic acids is 2. The van der Waals surface area contributed by atoms with Crippen LogP contribution in [0.15, 0.2) is 12.4 Å². The summed E-state index contributed by atoms with van der Waals surface area (Å²) >= 11 is 0. The molecular weight excluding hydrogens is 264 g/mol. The van der Waals surface area contributed by atoms with Gasteiger partial charge < -0.3 is 15.7 Å². The fourth-order valence-corrected chi connectivity index (χ4v) is 1.29. The lowest BCUT2D eigenvalue weighted by Crippen LogP contribution is -2.37. The quantitative estimate of drug-likeness (QED) is 0.611. The number of carboxylic acid groups (broad SMARTS) is 1. The third-order valence-corrected chi connectivity index (χ3v) is 2.35. The minimum atomic E-state index is -0.998. The van der Waals surface area contributed by atoms with E-state index < -0.39 is 17.8 Å². The lowest BCUT2D eigenvalue weighted by molar-refractivity contribution is -0.136. The van der Waals surface area contributed by atoms with E-state index in [9.17, 15) is 14.4 Å². The molecule has 0 unspecified atom stereocenters. The summed E-state index contributed by atoms with van der Waals surface area (Å²) in [6.07, 6.45) is 3.30. The molecule has 2 amide bonds. The largest absolute Gasteiger partial charge is 0.481 e. The second-order valence-electron chi connectivity index (χ2n) is 3.92. The van der Waals surface area contributed by atoms with Crippen LogP contribution in [0.3, 0.4) is 0 Å². The Bertz CT molecular complexity index is 487. The molecule has 1 aromatic rings. The van der Waals surface area contributed by atoms with Gasteiger partial charge in [0.1, 0.15) is 5.82 Å². The number of aromatic nitrogens is 2. The fourth-order valence-electron chi connectivity index (χ4n) is 1.29. The Morgan fingerprint density at radius 3 is 2.40 bits per heavy atom. The van der Waals surface area contributed by atoms with Crippen LogP contribution in [0.4, 0.5) is 0 Å². The van der Waals surface area contributed by atoms with Gasteiger partial charge in [-0.1, -0.05) is 6.92 Å². The highest BCUT2D eigenvalue weighted by Gasteiger charge is 2.09. The summed E-state index contributed by atoms with van der Waals surface area (Å²) in [6.45, 7) is 1.70. The Morgan fingerprint density at radius 1 is 1.20 bits per heavy atom. The first-order valence-electron chi connectivity index (χ1n) is 6.10. The molecule has 0 radical (unpaired) electrons. The van der Waals surface area contributed by atoms with Crippen LogP contribution in [0.25, 0.3) is 0 Å². The average molecular weight is 280 g/mol. The van der Waals surface area contributed by atoms with Crippen molar-refractivity contribution in [2.24, 2.45) is 0 Å². The molecule has 0 spiro atoms. The van der Waals surface area contributed by atoms with E-state index in [4.69, 9.17) is 5.11 Å². The van der Waals surface area contributed by atoms with Gasteiger partial charge in [-0.2, -0.15) is 0 Å². The second-order valence-corrected chi connectivity index (χ2v) is 3.92. The third kappa shape index (κ3) is 5.42. The number of amides is 2. The lowest BCUT2D eigenvalue weighted by Gasteiger charge is -2.06. The molecule has 0 bridgehead atoms. The maximum Gasteiger partial charge on any atom is 0.305 e. The molecule has 0 aliphatic heterocycles.